The lowest BCUT2D eigenvalue weighted by Crippen LogP contribution is -2.24. The average molecular weight is 262 g/mol. The van der Waals surface area contributed by atoms with Gasteiger partial charge in [0.05, 0.1) is 0 Å². The lowest BCUT2D eigenvalue weighted by atomic mass is 10.3. The van der Waals surface area contributed by atoms with E-state index < -0.39 is 0 Å². The quantitative estimate of drug-likeness (QED) is 0.844. The van der Waals surface area contributed by atoms with Gasteiger partial charge in [0, 0.05) is 25.2 Å². The smallest absolute Gasteiger partial charge is 0.231 e. The molecule has 1 aliphatic carbocycles. The molecule has 0 bridgehead atoms. The molecule has 2 heterocycles. The maximum Gasteiger partial charge on any atom is 0.231 e. The van der Waals surface area contributed by atoms with Gasteiger partial charge in [-0.25, -0.2) is 0 Å². The zero-order valence-corrected chi connectivity index (χ0v) is 11.7. The van der Waals surface area contributed by atoms with Crippen molar-refractivity contribution in [2.75, 3.05) is 35.2 Å². The summed E-state index contributed by atoms with van der Waals surface area (Å²) in [7, 11) is 0. The Morgan fingerprint density at radius 2 is 1.79 bits per heavy atom. The molecule has 2 fully saturated rings. The van der Waals surface area contributed by atoms with Crippen molar-refractivity contribution in [3.63, 3.8) is 0 Å². The highest BCUT2D eigenvalue weighted by molar-refractivity contribution is 5.46. The van der Waals surface area contributed by atoms with Crippen LogP contribution in [-0.4, -0.2) is 40.1 Å². The molecule has 1 saturated carbocycles. The fourth-order valence-electron chi connectivity index (χ4n) is 2.30. The largest absolute Gasteiger partial charge is 0.354 e. The van der Waals surface area contributed by atoms with Gasteiger partial charge in [0.2, 0.25) is 17.8 Å². The summed E-state index contributed by atoms with van der Waals surface area (Å²) in [5, 5.41) is 6.62. The van der Waals surface area contributed by atoms with E-state index in [2.05, 4.69) is 44.3 Å². The maximum absolute atomic E-state index is 4.58. The van der Waals surface area contributed by atoms with Crippen LogP contribution in [-0.2, 0) is 0 Å². The fourth-order valence-corrected chi connectivity index (χ4v) is 2.30. The number of nitrogens with one attached hydrogen (secondary N) is 2. The number of hydrogen-bond acceptors (Lipinski definition) is 6. The Hall–Kier alpha value is -1.59. The van der Waals surface area contributed by atoms with Gasteiger partial charge in [0.15, 0.2) is 0 Å². The van der Waals surface area contributed by atoms with Crippen molar-refractivity contribution in [2.45, 2.75) is 45.1 Å². The van der Waals surface area contributed by atoms with Crippen LogP contribution in [0.3, 0.4) is 0 Å². The highest BCUT2D eigenvalue weighted by Gasteiger charge is 2.38. The Morgan fingerprint density at radius 3 is 2.42 bits per heavy atom. The Balaban J connectivity index is 1.84. The van der Waals surface area contributed by atoms with Crippen LogP contribution in [0.5, 0.6) is 0 Å². The molecule has 1 saturated heterocycles. The molecule has 104 valence electrons. The molecule has 2 aliphatic rings. The van der Waals surface area contributed by atoms with E-state index in [1.807, 2.05) is 0 Å². The van der Waals surface area contributed by atoms with E-state index in [4.69, 9.17) is 0 Å². The number of hydrogen-bond donors (Lipinski definition) is 2. The van der Waals surface area contributed by atoms with Crippen LogP contribution in [0.4, 0.5) is 17.8 Å². The molecule has 0 atom stereocenters. The lowest BCUT2D eigenvalue weighted by Gasteiger charge is -2.18. The van der Waals surface area contributed by atoms with E-state index in [1.165, 1.54) is 25.7 Å². The predicted octanol–water partition coefficient (Wildman–Crippen LogP) is 1.87. The molecule has 2 N–H and O–H groups in total. The second-order valence-electron chi connectivity index (χ2n) is 5.69. The Bertz CT molecular complexity index is 450. The molecule has 0 aromatic carbocycles. The first-order valence-electron chi connectivity index (χ1n) is 7.22. The highest BCUT2D eigenvalue weighted by atomic mass is 15.3. The first kappa shape index (κ1) is 12.4. The Kier molecular flexibility index (Phi) is 3.16. The minimum atomic E-state index is 0.188. The Labute approximate surface area is 114 Å². The van der Waals surface area contributed by atoms with E-state index in [1.54, 1.807) is 0 Å². The van der Waals surface area contributed by atoms with Crippen molar-refractivity contribution < 1.29 is 0 Å². The van der Waals surface area contributed by atoms with Crippen molar-refractivity contribution in [3.8, 4) is 0 Å². The summed E-state index contributed by atoms with van der Waals surface area (Å²) < 4.78 is 0. The molecule has 1 aromatic rings. The third kappa shape index (κ3) is 2.88. The highest BCUT2D eigenvalue weighted by Crippen LogP contribution is 2.37. The van der Waals surface area contributed by atoms with Crippen molar-refractivity contribution in [1.29, 1.82) is 0 Å². The monoisotopic (exact) mass is 262 g/mol. The number of rotatable bonds is 5. The third-order valence-corrected chi connectivity index (χ3v) is 3.76. The molecule has 19 heavy (non-hydrogen) atoms. The standard InChI is InChI=1S/C13H22N6/c1-3-14-10-15-11(18-13(2)6-7-13)17-12(16-10)19-8-4-5-9-19/h3-9H2,1-2H3,(H2,14,15,16,17,18). The molecule has 6 heteroatoms. The summed E-state index contributed by atoms with van der Waals surface area (Å²) >= 11 is 0. The van der Waals surface area contributed by atoms with Gasteiger partial charge in [-0.3, -0.25) is 0 Å². The molecule has 0 amide bonds. The molecular weight excluding hydrogens is 240 g/mol. The van der Waals surface area contributed by atoms with Crippen molar-refractivity contribution >= 4 is 17.8 Å². The van der Waals surface area contributed by atoms with Crippen LogP contribution < -0.4 is 15.5 Å². The third-order valence-electron chi connectivity index (χ3n) is 3.76. The summed E-state index contributed by atoms with van der Waals surface area (Å²) in [6, 6.07) is 0. The normalized spacial score (nSPS) is 20.4. The van der Waals surface area contributed by atoms with E-state index in [0.717, 1.165) is 25.6 Å². The van der Waals surface area contributed by atoms with Crippen LogP contribution in [0.2, 0.25) is 0 Å². The number of aromatic nitrogens is 3. The second-order valence-corrected chi connectivity index (χ2v) is 5.69. The predicted molar refractivity (Wildman–Crippen MR) is 76.7 cm³/mol. The molecule has 3 rings (SSSR count). The van der Waals surface area contributed by atoms with Gasteiger partial charge < -0.3 is 15.5 Å². The van der Waals surface area contributed by atoms with Gasteiger partial charge in [-0.1, -0.05) is 0 Å². The topological polar surface area (TPSA) is 66.0 Å². The second kappa shape index (κ2) is 4.83. The number of nitrogens with zero attached hydrogens (tertiary/aromatic N) is 4. The van der Waals surface area contributed by atoms with Gasteiger partial charge in [0.1, 0.15) is 0 Å². The van der Waals surface area contributed by atoms with E-state index in [9.17, 15) is 0 Å². The van der Waals surface area contributed by atoms with Gasteiger partial charge in [0.25, 0.3) is 0 Å². The summed E-state index contributed by atoms with van der Waals surface area (Å²) in [5.41, 5.74) is 0.188. The zero-order chi connectivity index (χ0) is 13.3. The maximum atomic E-state index is 4.58. The van der Waals surface area contributed by atoms with Crippen molar-refractivity contribution in [1.82, 2.24) is 15.0 Å². The van der Waals surface area contributed by atoms with Gasteiger partial charge in [-0.05, 0) is 39.5 Å². The van der Waals surface area contributed by atoms with Crippen LogP contribution in [0.15, 0.2) is 0 Å². The average Bonchev–Trinajstić information content (AvgIpc) is 2.92. The van der Waals surface area contributed by atoms with Gasteiger partial charge >= 0.3 is 0 Å². The van der Waals surface area contributed by atoms with Crippen molar-refractivity contribution in [2.24, 2.45) is 0 Å². The minimum Gasteiger partial charge on any atom is -0.354 e. The van der Waals surface area contributed by atoms with Crippen LogP contribution in [0, 0.1) is 0 Å². The number of anilines is 3. The van der Waals surface area contributed by atoms with Gasteiger partial charge in [-0.2, -0.15) is 15.0 Å². The zero-order valence-electron chi connectivity index (χ0n) is 11.7. The molecule has 0 unspecified atom stereocenters. The summed E-state index contributed by atoms with van der Waals surface area (Å²) in [6.45, 7) is 7.17. The fraction of sp³-hybridized carbons (Fsp3) is 0.769. The van der Waals surface area contributed by atoms with Crippen molar-refractivity contribution in [3.05, 3.63) is 0 Å². The summed E-state index contributed by atoms with van der Waals surface area (Å²) in [4.78, 5) is 15.8. The van der Waals surface area contributed by atoms with E-state index >= 15 is 0 Å². The SMILES string of the molecule is CCNc1nc(NC2(C)CC2)nc(N2CCCC2)n1. The summed E-state index contributed by atoms with van der Waals surface area (Å²) in [6.07, 6.45) is 4.83. The summed E-state index contributed by atoms with van der Waals surface area (Å²) in [5.74, 6) is 2.18. The first-order chi connectivity index (χ1) is 9.18. The van der Waals surface area contributed by atoms with Crippen LogP contribution in [0.25, 0.3) is 0 Å². The lowest BCUT2D eigenvalue weighted by molar-refractivity contribution is 0.797. The molecule has 1 aliphatic heterocycles. The van der Waals surface area contributed by atoms with E-state index in [-0.39, 0.29) is 5.54 Å². The first-order valence-corrected chi connectivity index (χ1v) is 7.22. The molecule has 0 radical (unpaired) electrons. The molecular formula is C13H22N6. The van der Waals surface area contributed by atoms with Gasteiger partial charge in [-0.15, -0.1) is 0 Å². The Morgan fingerprint density at radius 1 is 1.11 bits per heavy atom. The van der Waals surface area contributed by atoms with Crippen LogP contribution >= 0.6 is 0 Å². The minimum absolute atomic E-state index is 0.188. The van der Waals surface area contributed by atoms with E-state index in [0.29, 0.717) is 11.9 Å². The molecule has 6 nitrogen and oxygen atoms in total. The van der Waals surface area contributed by atoms with Crippen LogP contribution in [0.1, 0.15) is 39.5 Å². The molecule has 0 spiro atoms. The molecule has 1 aromatic heterocycles.